The van der Waals surface area contributed by atoms with Gasteiger partial charge in [-0.05, 0) is 36.2 Å². The summed E-state index contributed by atoms with van der Waals surface area (Å²) in [5.41, 5.74) is 1.54. The number of sulfonamides is 1. The number of nitrogens with zero attached hydrogens (tertiary/aromatic N) is 1. The summed E-state index contributed by atoms with van der Waals surface area (Å²) in [4.78, 5) is 29.8. The molecule has 1 aliphatic heterocycles. The Morgan fingerprint density at radius 1 is 0.969 bits per heavy atom. The van der Waals surface area contributed by atoms with Crippen LogP contribution in [0.4, 0.5) is 11.4 Å². The highest BCUT2D eigenvalue weighted by Gasteiger charge is 2.33. The van der Waals surface area contributed by atoms with Crippen LogP contribution in [0.1, 0.15) is 39.7 Å². The highest BCUT2D eigenvalue weighted by molar-refractivity contribution is 7.90. The first-order valence-corrected chi connectivity index (χ1v) is 12.0. The molecule has 32 heavy (non-hydrogen) atoms. The van der Waals surface area contributed by atoms with E-state index < -0.39 is 16.1 Å². The van der Waals surface area contributed by atoms with Gasteiger partial charge in [-0.3, -0.25) is 19.3 Å². The molecular formula is C23H28N4O4S. The van der Waals surface area contributed by atoms with Gasteiger partial charge in [-0.25, -0.2) is 8.42 Å². The lowest BCUT2D eigenvalue weighted by Gasteiger charge is -2.20. The predicted molar refractivity (Wildman–Crippen MR) is 125 cm³/mol. The van der Waals surface area contributed by atoms with Gasteiger partial charge in [-0.2, -0.15) is 0 Å². The summed E-state index contributed by atoms with van der Waals surface area (Å²) in [5.74, 6) is -0.619. The number of rotatable bonds is 7. The molecule has 3 N–H and O–H groups in total. The first-order chi connectivity index (χ1) is 15.1. The van der Waals surface area contributed by atoms with Crippen LogP contribution in [-0.4, -0.2) is 32.1 Å². The van der Waals surface area contributed by atoms with E-state index in [1.165, 1.54) is 6.07 Å². The van der Waals surface area contributed by atoms with Crippen molar-refractivity contribution in [2.75, 3.05) is 10.6 Å². The van der Waals surface area contributed by atoms with Crippen LogP contribution in [0.5, 0.6) is 0 Å². The Labute approximate surface area is 188 Å². The lowest BCUT2D eigenvalue weighted by molar-refractivity contribution is -0.119. The first-order valence-electron chi connectivity index (χ1n) is 10.5. The maximum absolute atomic E-state index is 13.1. The van der Waals surface area contributed by atoms with Gasteiger partial charge in [0.2, 0.25) is 11.8 Å². The summed E-state index contributed by atoms with van der Waals surface area (Å²) < 4.78 is 27.2. The summed E-state index contributed by atoms with van der Waals surface area (Å²) in [6, 6.07) is 12.6. The van der Waals surface area contributed by atoms with Crippen LogP contribution in [-0.2, 0) is 19.6 Å². The molecule has 1 aliphatic rings. The first kappa shape index (κ1) is 23.5. The number of carbonyl (C=O) groups is 2. The molecule has 2 aromatic carbocycles. The average Bonchev–Trinajstić information content (AvgIpc) is 3.01. The second kappa shape index (κ2) is 9.52. The van der Waals surface area contributed by atoms with Crippen LogP contribution in [0.3, 0.4) is 0 Å². The van der Waals surface area contributed by atoms with Crippen LogP contribution in [0.15, 0.2) is 58.4 Å². The van der Waals surface area contributed by atoms with Crippen LogP contribution in [0.2, 0.25) is 0 Å². The standard InChI is InChI=1S/C23H28N4O4S/c1-5-15(4)20(26-21-18-11-6-7-12-19(18)32(30,31)27-21)23(29)25-17-10-8-9-16(13-17)24-22(28)14(2)3/h6-15,20H,5H2,1-4H3,(H,24,28)(H,25,29)(H,26,27)/t15-,20-/m0/s1. The summed E-state index contributed by atoms with van der Waals surface area (Å²) in [7, 11) is -3.69. The van der Waals surface area contributed by atoms with Crippen molar-refractivity contribution >= 4 is 39.0 Å². The molecule has 9 heteroatoms. The third-order valence-electron chi connectivity index (χ3n) is 5.30. The largest absolute Gasteiger partial charge is 0.326 e. The number of hydrogen-bond acceptors (Lipinski definition) is 5. The Balaban J connectivity index is 1.86. The topological polar surface area (TPSA) is 117 Å². The minimum atomic E-state index is -3.69. The molecule has 0 bridgehead atoms. The summed E-state index contributed by atoms with van der Waals surface area (Å²) in [6.45, 7) is 7.43. The highest BCUT2D eigenvalue weighted by Crippen LogP contribution is 2.25. The zero-order valence-corrected chi connectivity index (χ0v) is 19.4. The van der Waals surface area contributed by atoms with Crippen molar-refractivity contribution in [3.63, 3.8) is 0 Å². The zero-order valence-electron chi connectivity index (χ0n) is 18.5. The van der Waals surface area contributed by atoms with Crippen molar-refractivity contribution in [2.24, 2.45) is 16.8 Å². The minimum absolute atomic E-state index is 0.121. The lowest BCUT2D eigenvalue weighted by Crippen LogP contribution is -2.34. The average molecular weight is 457 g/mol. The van der Waals surface area contributed by atoms with Crippen molar-refractivity contribution in [3.05, 3.63) is 54.1 Å². The number of anilines is 2. The van der Waals surface area contributed by atoms with E-state index in [1.54, 1.807) is 56.3 Å². The van der Waals surface area contributed by atoms with Crippen molar-refractivity contribution in [3.8, 4) is 0 Å². The maximum atomic E-state index is 13.1. The predicted octanol–water partition coefficient (Wildman–Crippen LogP) is 3.37. The molecule has 2 atom stereocenters. The molecule has 0 saturated heterocycles. The lowest BCUT2D eigenvalue weighted by atomic mass is 9.98. The van der Waals surface area contributed by atoms with E-state index in [1.807, 2.05) is 13.8 Å². The second-order valence-electron chi connectivity index (χ2n) is 8.12. The molecule has 0 aromatic heterocycles. The SMILES string of the molecule is CC[C@H](C)[C@H](N=C1NS(=O)(=O)c2ccccc21)C(=O)Nc1cccc(NC(=O)C(C)C)c1. The molecular weight excluding hydrogens is 428 g/mol. The summed E-state index contributed by atoms with van der Waals surface area (Å²) >= 11 is 0. The molecule has 0 unspecified atom stereocenters. The van der Waals surface area contributed by atoms with Gasteiger partial charge < -0.3 is 10.6 Å². The molecule has 0 radical (unpaired) electrons. The van der Waals surface area contributed by atoms with Gasteiger partial charge in [0.1, 0.15) is 11.9 Å². The van der Waals surface area contributed by atoms with E-state index in [-0.39, 0.29) is 34.4 Å². The fourth-order valence-corrected chi connectivity index (χ4v) is 4.45. The quantitative estimate of drug-likeness (QED) is 0.592. The molecule has 170 valence electrons. The number of benzene rings is 2. The number of carbonyl (C=O) groups excluding carboxylic acids is 2. The molecule has 1 heterocycles. The molecule has 2 amide bonds. The number of aliphatic imine (C=N–C) groups is 1. The van der Waals surface area contributed by atoms with Crippen LogP contribution in [0, 0.1) is 11.8 Å². The molecule has 2 aromatic rings. The molecule has 0 spiro atoms. The maximum Gasteiger partial charge on any atom is 0.263 e. The number of hydrogen-bond donors (Lipinski definition) is 3. The highest BCUT2D eigenvalue weighted by atomic mass is 32.2. The van der Waals surface area contributed by atoms with E-state index in [4.69, 9.17) is 0 Å². The molecule has 0 aliphatic carbocycles. The van der Waals surface area contributed by atoms with Crippen molar-refractivity contribution < 1.29 is 18.0 Å². The molecule has 3 rings (SSSR count). The van der Waals surface area contributed by atoms with E-state index in [2.05, 4.69) is 20.3 Å². The number of fused-ring (bicyclic) bond motifs is 1. The van der Waals surface area contributed by atoms with E-state index in [0.29, 0.717) is 23.4 Å². The van der Waals surface area contributed by atoms with Gasteiger partial charge >= 0.3 is 0 Å². The second-order valence-corrected chi connectivity index (χ2v) is 9.77. The van der Waals surface area contributed by atoms with Gasteiger partial charge in [0.25, 0.3) is 10.0 Å². The van der Waals surface area contributed by atoms with Crippen molar-refractivity contribution in [1.29, 1.82) is 0 Å². The summed E-state index contributed by atoms with van der Waals surface area (Å²) in [6.07, 6.45) is 0.674. The normalized spacial score (nSPS) is 17.3. The van der Waals surface area contributed by atoms with Gasteiger partial charge in [0.05, 0.1) is 4.90 Å². The Morgan fingerprint density at radius 2 is 1.59 bits per heavy atom. The smallest absolute Gasteiger partial charge is 0.263 e. The Bertz CT molecular complexity index is 1160. The van der Waals surface area contributed by atoms with E-state index in [9.17, 15) is 18.0 Å². The third kappa shape index (κ3) is 5.16. The number of amidine groups is 1. The summed E-state index contributed by atoms with van der Waals surface area (Å²) in [5, 5.41) is 5.65. The fourth-order valence-electron chi connectivity index (χ4n) is 3.21. The minimum Gasteiger partial charge on any atom is -0.326 e. The monoisotopic (exact) mass is 456 g/mol. The molecule has 0 saturated carbocycles. The van der Waals surface area contributed by atoms with Gasteiger partial charge in [0, 0.05) is 22.9 Å². The van der Waals surface area contributed by atoms with Crippen LogP contribution in [0.25, 0.3) is 0 Å². The number of amides is 2. The van der Waals surface area contributed by atoms with Crippen molar-refractivity contribution in [2.45, 2.75) is 45.1 Å². The third-order valence-corrected chi connectivity index (χ3v) is 6.70. The van der Waals surface area contributed by atoms with Crippen molar-refractivity contribution in [1.82, 2.24) is 4.72 Å². The van der Waals surface area contributed by atoms with Gasteiger partial charge in [0.15, 0.2) is 0 Å². The molecule has 0 fully saturated rings. The Morgan fingerprint density at radius 3 is 2.22 bits per heavy atom. The van der Waals surface area contributed by atoms with Crippen LogP contribution < -0.4 is 15.4 Å². The van der Waals surface area contributed by atoms with Gasteiger partial charge in [-0.1, -0.05) is 52.3 Å². The van der Waals surface area contributed by atoms with E-state index in [0.717, 1.165) is 0 Å². The Hall–Kier alpha value is -3.20. The number of nitrogens with one attached hydrogen (secondary N) is 3. The van der Waals surface area contributed by atoms with E-state index >= 15 is 0 Å². The fraction of sp³-hybridized carbons (Fsp3) is 0.348. The zero-order chi connectivity index (χ0) is 23.5. The van der Waals surface area contributed by atoms with Crippen LogP contribution >= 0.6 is 0 Å². The molecule has 8 nitrogen and oxygen atoms in total. The van der Waals surface area contributed by atoms with Gasteiger partial charge in [-0.15, -0.1) is 0 Å². The Kier molecular flexibility index (Phi) is 6.98.